The van der Waals surface area contributed by atoms with Crippen LogP contribution in [0.4, 0.5) is 14.9 Å². The highest BCUT2D eigenvalue weighted by atomic mass is 19.1. The minimum absolute atomic E-state index is 0.169. The summed E-state index contributed by atoms with van der Waals surface area (Å²) in [5.74, 6) is -0.343. The van der Waals surface area contributed by atoms with Crippen LogP contribution in [0.5, 0.6) is 0 Å². The summed E-state index contributed by atoms with van der Waals surface area (Å²) in [6.45, 7) is 2.88. The number of ether oxygens (including phenoxy) is 1. The summed E-state index contributed by atoms with van der Waals surface area (Å²) in [6.07, 6.45) is 1.01. The lowest BCUT2D eigenvalue weighted by Gasteiger charge is -2.32. The second-order valence-electron chi connectivity index (χ2n) is 5.10. The molecule has 0 bridgehead atoms. The smallest absolute Gasteiger partial charge is 0.319 e. The molecule has 0 aromatic heterocycles. The first kappa shape index (κ1) is 14.7. The van der Waals surface area contributed by atoms with Gasteiger partial charge >= 0.3 is 6.03 Å². The maximum absolute atomic E-state index is 13.0. The van der Waals surface area contributed by atoms with Gasteiger partial charge in [-0.15, -0.1) is 0 Å². The third-order valence-corrected chi connectivity index (χ3v) is 3.44. The summed E-state index contributed by atoms with van der Waals surface area (Å²) < 4.78 is 18.1. The molecule has 20 heavy (non-hydrogen) atoms. The van der Waals surface area contributed by atoms with Crippen LogP contribution in [0.3, 0.4) is 0 Å². The second kappa shape index (κ2) is 6.19. The van der Waals surface area contributed by atoms with E-state index >= 15 is 0 Å². The van der Waals surface area contributed by atoms with Crippen LogP contribution in [0.25, 0.3) is 0 Å². The molecule has 5 nitrogen and oxygen atoms in total. The number of hydrogen-bond donors (Lipinski definition) is 3. The number of carbonyl (C=O) groups is 1. The van der Waals surface area contributed by atoms with Crippen molar-refractivity contribution in [2.45, 2.75) is 25.4 Å². The molecule has 0 saturated carbocycles. The fraction of sp³-hybridized carbons (Fsp3) is 0.500. The molecule has 2 rings (SSSR count). The Morgan fingerprint density at radius 3 is 2.80 bits per heavy atom. The van der Waals surface area contributed by atoms with Crippen molar-refractivity contribution in [1.82, 2.24) is 5.32 Å². The number of anilines is 1. The quantitative estimate of drug-likeness (QED) is 0.791. The van der Waals surface area contributed by atoms with E-state index in [4.69, 9.17) is 4.74 Å². The van der Waals surface area contributed by atoms with E-state index < -0.39 is 11.6 Å². The van der Waals surface area contributed by atoms with Crippen LogP contribution in [-0.4, -0.2) is 36.5 Å². The Labute approximate surface area is 117 Å². The Hall–Kier alpha value is -1.66. The lowest BCUT2D eigenvalue weighted by Crippen LogP contribution is -2.47. The van der Waals surface area contributed by atoms with E-state index in [1.165, 1.54) is 18.2 Å². The van der Waals surface area contributed by atoms with E-state index in [0.29, 0.717) is 37.3 Å². The Kier molecular flexibility index (Phi) is 4.57. The third kappa shape index (κ3) is 3.91. The minimum Gasteiger partial charge on any atom is -0.388 e. The molecule has 1 heterocycles. The molecular formula is C14H19FN2O3. The molecule has 0 atom stereocenters. The molecule has 1 aromatic rings. The number of rotatable bonds is 3. The van der Waals surface area contributed by atoms with Crippen LogP contribution in [0.1, 0.15) is 18.4 Å². The summed E-state index contributed by atoms with van der Waals surface area (Å²) in [6, 6.07) is 3.73. The van der Waals surface area contributed by atoms with E-state index in [-0.39, 0.29) is 12.4 Å². The van der Waals surface area contributed by atoms with Gasteiger partial charge in [0.25, 0.3) is 0 Å². The first-order chi connectivity index (χ1) is 9.48. The number of carbonyl (C=O) groups excluding carboxylic acids is 1. The average molecular weight is 282 g/mol. The molecule has 3 N–H and O–H groups in total. The summed E-state index contributed by atoms with van der Waals surface area (Å²) >= 11 is 0. The minimum atomic E-state index is -0.909. The zero-order valence-electron chi connectivity index (χ0n) is 11.4. The van der Waals surface area contributed by atoms with Crippen molar-refractivity contribution in [2.24, 2.45) is 0 Å². The van der Waals surface area contributed by atoms with Crippen LogP contribution in [0.2, 0.25) is 0 Å². The maximum atomic E-state index is 13.0. The van der Waals surface area contributed by atoms with E-state index in [0.717, 1.165) is 0 Å². The molecule has 1 fully saturated rings. The van der Waals surface area contributed by atoms with Gasteiger partial charge in [0.1, 0.15) is 5.82 Å². The molecule has 1 aliphatic heterocycles. The molecular weight excluding hydrogens is 263 g/mol. The molecule has 1 aliphatic rings. The molecule has 1 saturated heterocycles. The largest absolute Gasteiger partial charge is 0.388 e. The van der Waals surface area contributed by atoms with Crippen molar-refractivity contribution in [1.29, 1.82) is 0 Å². The van der Waals surface area contributed by atoms with Crippen LogP contribution in [0.15, 0.2) is 18.2 Å². The summed E-state index contributed by atoms with van der Waals surface area (Å²) in [7, 11) is 0. The van der Waals surface area contributed by atoms with E-state index in [9.17, 15) is 14.3 Å². The SMILES string of the molecule is Cc1cc(F)ccc1NC(=O)NCC1(O)CCOCC1. The highest BCUT2D eigenvalue weighted by molar-refractivity contribution is 5.90. The molecule has 1 aromatic carbocycles. The van der Waals surface area contributed by atoms with Crippen molar-refractivity contribution in [3.63, 3.8) is 0 Å². The van der Waals surface area contributed by atoms with Crippen LogP contribution in [-0.2, 0) is 4.74 Å². The van der Waals surface area contributed by atoms with Crippen LogP contribution in [0, 0.1) is 12.7 Å². The maximum Gasteiger partial charge on any atom is 0.319 e. The number of urea groups is 1. The lowest BCUT2D eigenvalue weighted by molar-refractivity contribution is -0.0598. The lowest BCUT2D eigenvalue weighted by atomic mass is 9.94. The monoisotopic (exact) mass is 282 g/mol. The van der Waals surface area contributed by atoms with Crippen LogP contribution < -0.4 is 10.6 Å². The number of halogens is 1. The Morgan fingerprint density at radius 2 is 2.15 bits per heavy atom. The molecule has 2 amide bonds. The number of nitrogens with one attached hydrogen (secondary N) is 2. The van der Waals surface area contributed by atoms with Gasteiger partial charge in [-0.25, -0.2) is 9.18 Å². The zero-order valence-corrected chi connectivity index (χ0v) is 11.4. The van der Waals surface area contributed by atoms with Crippen molar-refractivity contribution in [2.75, 3.05) is 25.1 Å². The highest BCUT2D eigenvalue weighted by Gasteiger charge is 2.30. The Bertz CT molecular complexity index is 487. The fourth-order valence-electron chi connectivity index (χ4n) is 2.11. The fourth-order valence-corrected chi connectivity index (χ4v) is 2.11. The van der Waals surface area contributed by atoms with Gasteiger partial charge in [-0.05, 0) is 30.7 Å². The first-order valence-electron chi connectivity index (χ1n) is 6.60. The molecule has 0 spiro atoms. The number of aliphatic hydroxyl groups is 1. The van der Waals surface area contributed by atoms with Gasteiger partial charge in [-0.2, -0.15) is 0 Å². The van der Waals surface area contributed by atoms with Crippen molar-refractivity contribution >= 4 is 11.7 Å². The van der Waals surface area contributed by atoms with Gasteiger partial charge in [0.2, 0.25) is 0 Å². The summed E-state index contributed by atoms with van der Waals surface area (Å²) in [5, 5.41) is 15.5. The number of amides is 2. The van der Waals surface area contributed by atoms with E-state index in [1.807, 2.05) is 0 Å². The second-order valence-corrected chi connectivity index (χ2v) is 5.10. The number of hydrogen-bond acceptors (Lipinski definition) is 3. The van der Waals surface area contributed by atoms with Crippen molar-refractivity contribution in [3.8, 4) is 0 Å². The summed E-state index contributed by atoms with van der Waals surface area (Å²) in [5.41, 5.74) is 0.278. The van der Waals surface area contributed by atoms with Crippen molar-refractivity contribution < 1.29 is 19.0 Å². The third-order valence-electron chi connectivity index (χ3n) is 3.44. The van der Waals surface area contributed by atoms with Gasteiger partial charge in [-0.3, -0.25) is 0 Å². The highest BCUT2D eigenvalue weighted by Crippen LogP contribution is 2.19. The van der Waals surface area contributed by atoms with Gasteiger partial charge in [-0.1, -0.05) is 0 Å². The van der Waals surface area contributed by atoms with Crippen LogP contribution >= 0.6 is 0 Å². The number of benzene rings is 1. The predicted octanol–water partition coefficient (Wildman–Crippen LogP) is 1.80. The van der Waals surface area contributed by atoms with Gasteiger partial charge < -0.3 is 20.5 Å². The van der Waals surface area contributed by atoms with Gasteiger partial charge in [0.05, 0.1) is 5.60 Å². The van der Waals surface area contributed by atoms with E-state index in [1.54, 1.807) is 6.92 Å². The van der Waals surface area contributed by atoms with Gasteiger partial charge in [0.15, 0.2) is 0 Å². The standard InChI is InChI=1S/C14H19FN2O3/c1-10-8-11(15)2-3-12(10)17-13(18)16-9-14(19)4-6-20-7-5-14/h2-3,8,19H,4-7,9H2,1H3,(H2,16,17,18). The average Bonchev–Trinajstić information content (AvgIpc) is 2.41. The number of aryl methyl sites for hydroxylation is 1. The molecule has 0 unspecified atom stereocenters. The topological polar surface area (TPSA) is 70.6 Å². The summed E-state index contributed by atoms with van der Waals surface area (Å²) in [4.78, 5) is 11.8. The van der Waals surface area contributed by atoms with Crippen molar-refractivity contribution in [3.05, 3.63) is 29.6 Å². The molecule has 0 aliphatic carbocycles. The molecule has 6 heteroatoms. The zero-order chi connectivity index (χ0) is 14.6. The Morgan fingerprint density at radius 1 is 1.45 bits per heavy atom. The molecule has 110 valence electrons. The normalized spacial score (nSPS) is 17.6. The first-order valence-corrected chi connectivity index (χ1v) is 6.60. The van der Waals surface area contributed by atoms with Gasteiger partial charge in [0, 0.05) is 38.3 Å². The molecule has 0 radical (unpaired) electrons. The Balaban J connectivity index is 1.86. The predicted molar refractivity (Wildman–Crippen MR) is 73.2 cm³/mol. The van der Waals surface area contributed by atoms with E-state index in [2.05, 4.69) is 10.6 Å².